The molecule has 23 heteroatoms. The number of carbonyl (C=O) groups is 3. The molecule has 0 spiro atoms. The highest BCUT2D eigenvalue weighted by Gasteiger charge is 2.06. The van der Waals surface area contributed by atoms with Crippen molar-refractivity contribution in [3.8, 4) is 0 Å². The maximum atomic E-state index is 11.9. The van der Waals surface area contributed by atoms with E-state index in [4.69, 9.17) is 77.9 Å². The summed E-state index contributed by atoms with van der Waals surface area (Å²) >= 11 is 6.47. The predicted molar refractivity (Wildman–Crippen MR) is 251 cm³/mol. The van der Waals surface area contributed by atoms with Crippen molar-refractivity contribution >= 4 is 47.8 Å². The van der Waals surface area contributed by atoms with Crippen LogP contribution >= 0.6 is 18.3 Å². The molecule has 0 fully saturated rings. The van der Waals surface area contributed by atoms with E-state index in [9.17, 15) is 19.3 Å². The van der Waals surface area contributed by atoms with Crippen LogP contribution in [0, 0.1) is 0 Å². The van der Waals surface area contributed by atoms with Crippen molar-refractivity contribution in [3.63, 3.8) is 0 Å². The monoisotopic (exact) mass is 998 g/mol. The quantitative estimate of drug-likeness (QED) is 0.0452. The Balaban J connectivity index is 3.19. The van der Waals surface area contributed by atoms with Gasteiger partial charge in [-0.2, -0.15) is 11.8 Å². The lowest BCUT2D eigenvalue weighted by Gasteiger charge is -2.09. The lowest BCUT2D eigenvalue weighted by Crippen LogP contribution is -2.28. The van der Waals surface area contributed by atoms with Crippen molar-refractivity contribution < 1.29 is 85.4 Å². The Morgan fingerprint density at radius 1 is 0.431 bits per heavy atom. The van der Waals surface area contributed by atoms with Crippen LogP contribution in [0.25, 0.3) is 0 Å². The van der Waals surface area contributed by atoms with Gasteiger partial charge in [-0.15, -0.1) is 0 Å². The van der Waals surface area contributed by atoms with Gasteiger partial charge >= 0.3 is 5.97 Å². The standard InChI is InChI=1S/C42H83N2O18PS2/c1-63(48,64)62-13-7-5-3-4-6-8-42(47)61-16-12-44-40(45)9-14-49-17-19-51-21-23-53-25-27-55-29-31-57-33-35-59-37-38-60-36-34-58-32-30-56-28-26-54-24-22-52-20-18-50-15-11-43-41(46)10-39-65-2/h3-39H2,1-2H3,(H,43,46)(H,44,45)(H,48,64). The Hall–Kier alpha value is -1.15. The molecule has 0 aromatic carbocycles. The molecule has 0 heterocycles. The largest absolute Gasteiger partial charge is 0.464 e. The number of ether oxygens (including phenoxy) is 13. The SMILES string of the molecule is CSCCC(=O)NCCOCCOCCOCCOCCOCCOCCOCCOCCOCCOCCOCCOCCC(=O)NCCOC(=O)CCCCCCCOP(C)(O)=S. The Bertz CT molecular complexity index is 1100. The van der Waals surface area contributed by atoms with E-state index in [2.05, 4.69) is 10.6 Å². The van der Waals surface area contributed by atoms with Crippen molar-refractivity contribution in [2.75, 3.05) is 204 Å². The highest BCUT2D eigenvalue weighted by atomic mass is 32.5. The Labute approximate surface area is 397 Å². The molecule has 65 heavy (non-hydrogen) atoms. The molecule has 1 atom stereocenters. The summed E-state index contributed by atoms with van der Waals surface area (Å²) in [5.74, 6) is 0.429. The fraction of sp³-hybridized carbons (Fsp3) is 0.929. The molecule has 20 nitrogen and oxygen atoms in total. The maximum Gasteiger partial charge on any atom is 0.305 e. The molecular weight excluding hydrogens is 916 g/mol. The van der Waals surface area contributed by atoms with Gasteiger partial charge in [-0.1, -0.05) is 19.3 Å². The first-order valence-corrected chi connectivity index (χ1v) is 27.3. The van der Waals surface area contributed by atoms with Crippen molar-refractivity contribution in [2.24, 2.45) is 0 Å². The molecular formula is C42H83N2O18PS2. The topological polar surface area (TPSA) is 225 Å². The number of thioether (sulfide) groups is 1. The Kier molecular flexibility index (Phi) is 51.3. The minimum atomic E-state index is -2.57. The second-order valence-electron chi connectivity index (χ2n) is 13.9. The van der Waals surface area contributed by atoms with Gasteiger partial charge in [0, 0.05) is 38.2 Å². The van der Waals surface area contributed by atoms with Crippen molar-refractivity contribution in [1.29, 1.82) is 0 Å². The summed E-state index contributed by atoms with van der Waals surface area (Å²) in [6.07, 6.45) is 7.48. The van der Waals surface area contributed by atoms with Gasteiger partial charge in [0.1, 0.15) is 6.61 Å². The minimum absolute atomic E-state index is 0.0505. The summed E-state index contributed by atoms with van der Waals surface area (Å²) in [7, 11) is 0. The molecule has 0 bridgehead atoms. The number of unbranched alkanes of at least 4 members (excludes halogenated alkanes) is 4. The van der Waals surface area contributed by atoms with Crippen LogP contribution in [0.4, 0.5) is 0 Å². The molecule has 0 aromatic rings. The number of esters is 1. The first kappa shape index (κ1) is 63.8. The van der Waals surface area contributed by atoms with Crippen molar-refractivity contribution in [1.82, 2.24) is 10.6 Å². The average molecular weight is 999 g/mol. The average Bonchev–Trinajstić information content (AvgIpc) is 3.28. The molecule has 0 radical (unpaired) electrons. The van der Waals surface area contributed by atoms with Gasteiger partial charge in [-0.05, 0) is 30.9 Å². The third-order valence-electron chi connectivity index (χ3n) is 8.21. The maximum absolute atomic E-state index is 11.9. The summed E-state index contributed by atoms with van der Waals surface area (Å²) < 4.78 is 76.0. The number of amides is 2. The van der Waals surface area contributed by atoms with E-state index in [-0.39, 0.29) is 44.0 Å². The molecule has 0 rings (SSSR count). The fourth-order valence-corrected chi connectivity index (χ4v) is 5.96. The summed E-state index contributed by atoms with van der Waals surface area (Å²) in [4.78, 5) is 44.6. The zero-order chi connectivity index (χ0) is 47.4. The fourth-order valence-electron chi connectivity index (χ4n) is 4.88. The van der Waals surface area contributed by atoms with Gasteiger partial charge in [-0.25, -0.2) is 0 Å². The van der Waals surface area contributed by atoms with Crippen LogP contribution in [-0.4, -0.2) is 226 Å². The van der Waals surface area contributed by atoms with Gasteiger partial charge in [0.2, 0.25) is 11.8 Å². The highest BCUT2D eigenvalue weighted by Crippen LogP contribution is 2.37. The van der Waals surface area contributed by atoms with Crippen molar-refractivity contribution in [3.05, 3.63) is 0 Å². The molecule has 2 amide bonds. The number of nitrogens with one attached hydrogen (secondary N) is 2. The third kappa shape index (κ3) is 57.1. The highest BCUT2D eigenvalue weighted by molar-refractivity contribution is 8.09. The molecule has 0 aliphatic carbocycles. The van der Waals surface area contributed by atoms with Crippen LogP contribution in [0.3, 0.4) is 0 Å². The van der Waals surface area contributed by atoms with Gasteiger partial charge in [0.05, 0.1) is 172 Å². The van der Waals surface area contributed by atoms with Gasteiger partial charge in [-0.3, -0.25) is 14.4 Å². The summed E-state index contributed by atoms with van der Waals surface area (Å²) in [5, 5.41) is 5.52. The van der Waals surface area contributed by atoms with Crippen LogP contribution in [0.1, 0.15) is 51.4 Å². The first-order chi connectivity index (χ1) is 31.7. The van der Waals surface area contributed by atoms with Gasteiger partial charge in [0.25, 0.3) is 0 Å². The van der Waals surface area contributed by atoms with E-state index in [0.29, 0.717) is 178 Å². The molecule has 0 aliphatic heterocycles. The first-order valence-electron chi connectivity index (χ1n) is 22.8. The van der Waals surface area contributed by atoms with E-state index in [0.717, 1.165) is 37.9 Å². The second-order valence-corrected chi connectivity index (χ2v) is 18.8. The smallest absolute Gasteiger partial charge is 0.305 e. The van der Waals surface area contributed by atoms with Crippen LogP contribution in [0.2, 0.25) is 0 Å². The third-order valence-corrected chi connectivity index (χ3v) is 9.80. The lowest BCUT2D eigenvalue weighted by atomic mass is 10.1. The van der Waals surface area contributed by atoms with E-state index in [1.807, 2.05) is 6.26 Å². The zero-order valence-corrected chi connectivity index (χ0v) is 41.8. The molecule has 1 unspecified atom stereocenters. The predicted octanol–water partition coefficient (Wildman–Crippen LogP) is 2.39. The van der Waals surface area contributed by atoms with Crippen LogP contribution in [0.15, 0.2) is 0 Å². The molecule has 386 valence electrons. The molecule has 3 N–H and O–H groups in total. The Morgan fingerprint density at radius 3 is 1.14 bits per heavy atom. The minimum Gasteiger partial charge on any atom is -0.464 e. The number of hydrogen-bond donors (Lipinski definition) is 3. The summed E-state index contributed by atoms with van der Waals surface area (Å²) in [6.45, 7) is 11.2. The number of hydrogen-bond acceptors (Lipinski definition) is 19. The van der Waals surface area contributed by atoms with Gasteiger partial charge < -0.3 is 81.6 Å². The van der Waals surface area contributed by atoms with Crippen LogP contribution < -0.4 is 10.6 Å². The molecule has 0 aliphatic rings. The zero-order valence-electron chi connectivity index (χ0n) is 39.3. The van der Waals surface area contributed by atoms with E-state index in [1.54, 1.807) is 11.8 Å². The number of rotatable bonds is 54. The lowest BCUT2D eigenvalue weighted by molar-refractivity contribution is -0.144. The van der Waals surface area contributed by atoms with Crippen LogP contribution in [0.5, 0.6) is 0 Å². The van der Waals surface area contributed by atoms with Gasteiger partial charge in [0.15, 0.2) is 6.49 Å². The number of carbonyl (C=O) groups excluding carboxylic acids is 3. The molecule has 0 saturated carbocycles. The normalized spacial score (nSPS) is 12.4. The molecule has 0 saturated heterocycles. The van der Waals surface area contributed by atoms with E-state index >= 15 is 0 Å². The summed E-state index contributed by atoms with van der Waals surface area (Å²) in [5.41, 5.74) is 0. The van der Waals surface area contributed by atoms with Crippen LogP contribution in [-0.2, 0) is 92.3 Å². The van der Waals surface area contributed by atoms with Crippen molar-refractivity contribution in [2.45, 2.75) is 51.4 Å². The second kappa shape index (κ2) is 52.2. The summed E-state index contributed by atoms with van der Waals surface area (Å²) in [6, 6.07) is 0. The van der Waals surface area contributed by atoms with E-state index in [1.165, 1.54) is 6.66 Å². The molecule has 0 aromatic heterocycles. The Morgan fingerprint density at radius 2 is 0.754 bits per heavy atom. The van der Waals surface area contributed by atoms with E-state index < -0.39 is 6.49 Å².